The lowest BCUT2D eigenvalue weighted by atomic mass is 10.0. The number of nitrogens with one attached hydrogen (secondary N) is 1. The molecule has 0 spiro atoms. The topological polar surface area (TPSA) is 73.1 Å². The minimum atomic E-state index is -0.179. The molecule has 19 heavy (non-hydrogen) atoms. The zero-order chi connectivity index (χ0) is 13.7. The molecule has 0 saturated carbocycles. The van der Waals surface area contributed by atoms with Crippen LogP contribution in [0.15, 0.2) is 42.9 Å². The van der Waals surface area contributed by atoms with Crippen molar-refractivity contribution in [1.82, 2.24) is 15.4 Å². The van der Waals surface area contributed by atoms with Gasteiger partial charge in [-0.2, -0.15) is 0 Å². The first-order chi connectivity index (χ1) is 9.20. The lowest BCUT2D eigenvalue weighted by Crippen LogP contribution is -2.29. The van der Waals surface area contributed by atoms with E-state index in [4.69, 9.17) is 10.6 Å². The number of nitrogens with two attached hydrogens (primary N) is 1. The first-order valence-corrected chi connectivity index (χ1v) is 6.19. The molecule has 0 amide bonds. The second kappa shape index (κ2) is 6.26. The van der Waals surface area contributed by atoms with Crippen molar-refractivity contribution in [2.45, 2.75) is 26.0 Å². The average molecular weight is 258 g/mol. The molecule has 0 aliphatic heterocycles. The maximum absolute atomic E-state index is 5.61. The molecule has 1 aromatic carbocycles. The van der Waals surface area contributed by atoms with E-state index in [9.17, 15) is 0 Å². The third-order valence-corrected chi connectivity index (χ3v) is 2.63. The predicted molar refractivity (Wildman–Crippen MR) is 73.4 cm³/mol. The summed E-state index contributed by atoms with van der Waals surface area (Å²) in [6.07, 6.45) is 5.14. The zero-order valence-electron chi connectivity index (χ0n) is 11.1. The molecule has 3 N–H and O–H groups in total. The molecule has 100 valence electrons. The molecule has 2 aromatic rings. The summed E-state index contributed by atoms with van der Waals surface area (Å²) in [7, 11) is 0. The van der Waals surface area contributed by atoms with Crippen LogP contribution >= 0.6 is 0 Å². The monoisotopic (exact) mass is 258 g/mol. The summed E-state index contributed by atoms with van der Waals surface area (Å²) in [5.74, 6) is 6.45. The quantitative estimate of drug-likeness (QED) is 0.632. The minimum Gasteiger partial charge on any atom is -0.491 e. The molecule has 0 aliphatic rings. The van der Waals surface area contributed by atoms with Gasteiger partial charge in [0.05, 0.1) is 24.0 Å². The summed E-state index contributed by atoms with van der Waals surface area (Å²) in [4.78, 5) is 8.31. The summed E-state index contributed by atoms with van der Waals surface area (Å²) >= 11 is 0. The maximum Gasteiger partial charge on any atom is 0.119 e. The van der Waals surface area contributed by atoms with E-state index >= 15 is 0 Å². The summed E-state index contributed by atoms with van der Waals surface area (Å²) in [6, 6.07) is 7.61. The van der Waals surface area contributed by atoms with Crippen molar-refractivity contribution in [3.63, 3.8) is 0 Å². The van der Waals surface area contributed by atoms with Gasteiger partial charge in [-0.3, -0.25) is 15.8 Å². The zero-order valence-corrected chi connectivity index (χ0v) is 11.1. The van der Waals surface area contributed by atoms with Crippen LogP contribution in [0.3, 0.4) is 0 Å². The molecular formula is C14H18N4O. The molecule has 5 heteroatoms. The summed E-state index contributed by atoms with van der Waals surface area (Å²) in [5, 5.41) is 0. The lowest BCUT2D eigenvalue weighted by Gasteiger charge is -2.16. The maximum atomic E-state index is 5.61. The third kappa shape index (κ3) is 3.49. The van der Waals surface area contributed by atoms with Crippen molar-refractivity contribution in [3.8, 4) is 5.75 Å². The molecule has 0 radical (unpaired) electrons. The van der Waals surface area contributed by atoms with E-state index in [-0.39, 0.29) is 12.1 Å². The van der Waals surface area contributed by atoms with E-state index in [0.29, 0.717) is 0 Å². The first kappa shape index (κ1) is 13.5. The molecular weight excluding hydrogens is 240 g/mol. The Kier molecular flexibility index (Phi) is 4.43. The standard InChI is InChI=1S/C14H18N4O/c1-10(2)19-12-5-3-11(4-6-12)14(18-15)13-9-16-7-8-17-13/h3-10,14,18H,15H2,1-2H3. The van der Waals surface area contributed by atoms with Gasteiger partial charge < -0.3 is 4.74 Å². The Hall–Kier alpha value is -1.98. The fourth-order valence-corrected chi connectivity index (χ4v) is 1.82. The van der Waals surface area contributed by atoms with Crippen LogP contribution in [0.4, 0.5) is 0 Å². The van der Waals surface area contributed by atoms with Crippen molar-refractivity contribution in [2.75, 3.05) is 0 Å². The van der Waals surface area contributed by atoms with Crippen LogP contribution in [0.2, 0.25) is 0 Å². The molecule has 0 fully saturated rings. The van der Waals surface area contributed by atoms with Gasteiger partial charge in [0.1, 0.15) is 5.75 Å². The highest BCUT2D eigenvalue weighted by atomic mass is 16.5. The van der Waals surface area contributed by atoms with Gasteiger partial charge >= 0.3 is 0 Å². The summed E-state index contributed by atoms with van der Waals surface area (Å²) < 4.78 is 5.61. The van der Waals surface area contributed by atoms with Gasteiger partial charge in [-0.15, -0.1) is 0 Å². The van der Waals surface area contributed by atoms with Crippen LogP contribution in [0.1, 0.15) is 31.1 Å². The SMILES string of the molecule is CC(C)Oc1ccc(C(NN)c2cnccn2)cc1. The Morgan fingerprint density at radius 1 is 1.16 bits per heavy atom. The van der Waals surface area contributed by atoms with Gasteiger partial charge in [-0.05, 0) is 31.5 Å². The van der Waals surface area contributed by atoms with Crippen LogP contribution in [0.25, 0.3) is 0 Å². The number of aromatic nitrogens is 2. The van der Waals surface area contributed by atoms with Gasteiger partial charge in [-0.1, -0.05) is 12.1 Å². The van der Waals surface area contributed by atoms with E-state index in [0.717, 1.165) is 17.0 Å². The van der Waals surface area contributed by atoms with Crippen molar-refractivity contribution in [2.24, 2.45) is 5.84 Å². The molecule has 1 heterocycles. The lowest BCUT2D eigenvalue weighted by molar-refractivity contribution is 0.242. The highest BCUT2D eigenvalue weighted by Crippen LogP contribution is 2.22. The highest BCUT2D eigenvalue weighted by molar-refractivity contribution is 5.32. The summed E-state index contributed by atoms with van der Waals surface area (Å²) in [5.41, 5.74) is 4.54. The van der Waals surface area contributed by atoms with E-state index in [1.165, 1.54) is 0 Å². The van der Waals surface area contributed by atoms with Crippen LogP contribution in [-0.2, 0) is 0 Å². The van der Waals surface area contributed by atoms with E-state index in [2.05, 4.69) is 15.4 Å². The predicted octanol–water partition coefficient (Wildman–Crippen LogP) is 1.82. The smallest absolute Gasteiger partial charge is 0.119 e. The van der Waals surface area contributed by atoms with E-state index < -0.39 is 0 Å². The number of hydrazine groups is 1. The normalized spacial score (nSPS) is 12.4. The van der Waals surface area contributed by atoms with Gasteiger partial charge in [-0.25, -0.2) is 5.43 Å². The minimum absolute atomic E-state index is 0.161. The highest BCUT2D eigenvalue weighted by Gasteiger charge is 2.13. The van der Waals surface area contributed by atoms with Crippen LogP contribution in [0.5, 0.6) is 5.75 Å². The van der Waals surface area contributed by atoms with Crippen molar-refractivity contribution >= 4 is 0 Å². The van der Waals surface area contributed by atoms with Crippen molar-refractivity contribution in [3.05, 3.63) is 54.1 Å². The van der Waals surface area contributed by atoms with Gasteiger partial charge in [0.2, 0.25) is 0 Å². The molecule has 2 rings (SSSR count). The fourth-order valence-electron chi connectivity index (χ4n) is 1.82. The molecule has 1 aromatic heterocycles. The van der Waals surface area contributed by atoms with Gasteiger partial charge in [0.25, 0.3) is 0 Å². The molecule has 0 bridgehead atoms. The van der Waals surface area contributed by atoms with Crippen LogP contribution in [0, 0.1) is 0 Å². The van der Waals surface area contributed by atoms with Gasteiger partial charge in [0, 0.05) is 12.4 Å². The number of hydrogen-bond donors (Lipinski definition) is 2. The second-order valence-corrected chi connectivity index (χ2v) is 4.47. The Labute approximate surface area is 112 Å². The number of benzene rings is 1. The van der Waals surface area contributed by atoms with Gasteiger partial charge in [0.15, 0.2) is 0 Å². The van der Waals surface area contributed by atoms with E-state index in [1.54, 1.807) is 18.6 Å². The Morgan fingerprint density at radius 2 is 1.89 bits per heavy atom. The van der Waals surface area contributed by atoms with E-state index in [1.807, 2.05) is 38.1 Å². The number of nitrogens with zero attached hydrogens (tertiary/aromatic N) is 2. The van der Waals surface area contributed by atoms with Crippen LogP contribution < -0.4 is 16.0 Å². The Balaban J connectivity index is 2.20. The molecule has 5 nitrogen and oxygen atoms in total. The third-order valence-electron chi connectivity index (χ3n) is 2.63. The largest absolute Gasteiger partial charge is 0.491 e. The summed E-state index contributed by atoms with van der Waals surface area (Å²) in [6.45, 7) is 4.00. The fraction of sp³-hybridized carbons (Fsp3) is 0.286. The Bertz CT molecular complexity index is 499. The van der Waals surface area contributed by atoms with Crippen molar-refractivity contribution < 1.29 is 4.74 Å². The Morgan fingerprint density at radius 3 is 2.42 bits per heavy atom. The molecule has 0 aliphatic carbocycles. The number of ether oxygens (including phenoxy) is 1. The second-order valence-electron chi connectivity index (χ2n) is 4.47. The number of hydrogen-bond acceptors (Lipinski definition) is 5. The average Bonchev–Trinajstić information content (AvgIpc) is 2.42. The first-order valence-electron chi connectivity index (χ1n) is 6.19. The molecule has 1 atom stereocenters. The van der Waals surface area contributed by atoms with Crippen LogP contribution in [-0.4, -0.2) is 16.1 Å². The number of rotatable bonds is 5. The molecule has 1 unspecified atom stereocenters. The van der Waals surface area contributed by atoms with Crippen molar-refractivity contribution in [1.29, 1.82) is 0 Å². The molecule has 0 saturated heterocycles.